The summed E-state index contributed by atoms with van der Waals surface area (Å²) in [6.45, 7) is 6.94. The molecule has 1 aliphatic rings. The molecule has 58 valence electrons. The largest absolute Gasteiger partial charge is 0.389 e. The van der Waals surface area contributed by atoms with Gasteiger partial charge in [0.25, 0.3) is 0 Å². The van der Waals surface area contributed by atoms with Gasteiger partial charge in [-0.3, -0.25) is 0 Å². The van der Waals surface area contributed by atoms with Gasteiger partial charge in [-0.1, -0.05) is 6.58 Å². The molecule has 0 spiro atoms. The number of hydrogen-bond acceptors (Lipinski definition) is 2. The molecule has 0 saturated carbocycles. The van der Waals surface area contributed by atoms with Crippen molar-refractivity contribution in [3.8, 4) is 0 Å². The van der Waals surface area contributed by atoms with E-state index in [4.69, 9.17) is 0 Å². The molecule has 0 aliphatic carbocycles. The molecule has 1 unspecified atom stereocenters. The normalized spacial score (nSPS) is 24.7. The second-order valence-corrected chi connectivity index (χ2v) is 4.04. The van der Waals surface area contributed by atoms with E-state index in [1.807, 2.05) is 6.92 Å². The van der Waals surface area contributed by atoms with Gasteiger partial charge in [-0.25, -0.2) is 0 Å². The van der Waals surface area contributed by atoms with Gasteiger partial charge >= 0.3 is 0 Å². The van der Waals surface area contributed by atoms with E-state index in [1.165, 1.54) is 17.9 Å². The Morgan fingerprint density at radius 3 is 3.10 bits per heavy atom. The van der Waals surface area contributed by atoms with Crippen molar-refractivity contribution in [3.05, 3.63) is 12.3 Å². The molecule has 0 bridgehead atoms. The maximum atomic E-state index is 3.80. The summed E-state index contributed by atoms with van der Waals surface area (Å²) in [5, 5.41) is 3.28. The molecule has 0 aromatic heterocycles. The molecule has 1 fully saturated rings. The van der Waals surface area contributed by atoms with Gasteiger partial charge in [0, 0.05) is 12.2 Å². The molecule has 1 nitrogen and oxygen atoms in total. The minimum absolute atomic E-state index is 0.890. The van der Waals surface area contributed by atoms with E-state index in [9.17, 15) is 0 Å². The maximum absolute atomic E-state index is 3.80. The predicted octanol–water partition coefficient (Wildman–Crippen LogP) is 1.86. The summed E-state index contributed by atoms with van der Waals surface area (Å²) >= 11 is 2.06. The van der Waals surface area contributed by atoms with Gasteiger partial charge < -0.3 is 5.32 Å². The highest BCUT2D eigenvalue weighted by molar-refractivity contribution is 7.99. The highest BCUT2D eigenvalue weighted by Crippen LogP contribution is 2.22. The molecule has 0 amide bonds. The van der Waals surface area contributed by atoms with Gasteiger partial charge in [-0.2, -0.15) is 11.8 Å². The number of rotatable bonds is 3. The van der Waals surface area contributed by atoms with Crippen molar-refractivity contribution in [3.63, 3.8) is 0 Å². The lowest BCUT2D eigenvalue weighted by Crippen LogP contribution is -2.20. The zero-order valence-corrected chi connectivity index (χ0v) is 7.34. The second kappa shape index (κ2) is 3.91. The molecule has 1 saturated heterocycles. The third-order valence-electron chi connectivity index (χ3n) is 1.72. The molecule has 1 heterocycles. The average molecular weight is 157 g/mol. The van der Waals surface area contributed by atoms with Gasteiger partial charge in [-0.15, -0.1) is 0 Å². The zero-order valence-electron chi connectivity index (χ0n) is 6.52. The summed E-state index contributed by atoms with van der Waals surface area (Å²) in [7, 11) is 0. The molecule has 1 rings (SSSR count). The van der Waals surface area contributed by atoms with Gasteiger partial charge in [-0.05, 0) is 30.8 Å². The van der Waals surface area contributed by atoms with Crippen LogP contribution in [-0.4, -0.2) is 18.1 Å². The lowest BCUT2D eigenvalue weighted by atomic mass is 10.1. The summed E-state index contributed by atoms with van der Waals surface area (Å²) in [5.41, 5.74) is 1.09. The molecular formula is C8H15NS. The molecule has 1 atom stereocenters. The smallest absolute Gasteiger partial charge is 0.0180 e. The Bertz CT molecular complexity index is 116. The number of nitrogens with one attached hydrogen (secondary N) is 1. The second-order valence-electron chi connectivity index (χ2n) is 2.89. The topological polar surface area (TPSA) is 12.0 Å². The summed E-state index contributed by atoms with van der Waals surface area (Å²) in [5.74, 6) is 3.57. The zero-order chi connectivity index (χ0) is 7.40. The van der Waals surface area contributed by atoms with E-state index in [0.717, 1.165) is 18.2 Å². The molecule has 10 heavy (non-hydrogen) atoms. The Morgan fingerprint density at radius 1 is 1.80 bits per heavy atom. The van der Waals surface area contributed by atoms with Crippen LogP contribution in [-0.2, 0) is 0 Å². The number of allylic oxidation sites excluding steroid dienone is 1. The minimum Gasteiger partial charge on any atom is -0.389 e. The first-order chi connectivity index (χ1) is 4.79. The lowest BCUT2D eigenvalue weighted by molar-refractivity contribution is 0.559. The van der Waals surface area contributed by atoms with E-state index >= 15 is 0 Å². The Morgan fingerprint density at radius 2 is 2.60 bits per heavy atom. The third-order valence-corrected chi connectivity index (χ3v) is 2.95. The van der Waals surface area contributed by atoms with Crippen molar-refractivity contribution < 1.29 is 0 Å². The first-order valence-electron chi connectivity index (χ1n) is 3.76. The fraction of sp³-hybridized carbons (Fsp3) is 0.750. The Hall–Kier alpha value is -0.110. The summed E-state index contributed by atoms with van der Waals surface area (Å²) in [4.78, 5) is 0. The van der Waals surface area contributed by atoms with Crippen LogP contribution < -0.4 is 5.32 Å². The van der Waals surface area contributed by atoms with Crippen LogP contribution in [0.4, 0.5) is 0 Å². The van der Waals surface area contributed by atoms with Crippen LogP contribution in [0.25, 0.3) is 0 Å². The van der Waals surface area contributed by atoms with Crippen molar-refractivity contribution >= 4 is 11.8 Å². The van der Waals surface area contributed by atoms with Crippen molar-refractivity contribution in [2.75, 3.05) is 18.1 Å². The summed E-state index contributed by atoms with van der Waals surface area (Å²) in [6, 6.07) is 0. The average Bonchev–Trinajstić information content (AvgIpc) is 2.34. The fourth-order valence-electron chi connectivity index (χ4n) is 1.06. The molecule has 0 aromatic carbocycles. The highest BCUT2D eigenvalue weighted by Gasteiger charge is 2.14. The summed E-state index contributed by atoms with van der Waals surface area (Å²) < 4.78 is 0. The van der Waals surface area contributed by atoms with E-state index in [2.05, 4.69) is 23.7 Å². The number of thioether (sulfide) groups is 1. The van der Waals surface area contributed by atoms with Crippen LogP contribution in [0.5, 0.6) is 0 Å². The van der Waals surface area contributed by atoms with Gasteiger partial charge in [0.1, 0.15) is 0 Å². The predicted molar refractivity (Wildman–Crippen MR) is 48.2 cm³/mol. The minimum atomic E-state index is 0.890. The Labute approximate surface area is 67.3 Å². The molecule has 1 aliphatic heterocycles. The maximum Gasteiger partial charge on any atom is 0.0180 e. The van der Waals surface area contributed by atoms with Gasteiger partial charge in [0.15, 0.2) is 0 Å². The van der Waals surface area contributed by atoms with Crippen LogP contribution >= 0.6 is 11.8 Å². The number of hydrogen-bond donors (Lipinski definition) is 1. The molecular weight excluding hydrogens is 142 g/mol. The van der Waals surface area contributed by atoms with E-state index in [-0.39, 0.29) is 0 Å². The van der Waals surface area contributed by atoms with Gasteiger partial charge in [0.05, 0.1) is 0 Å². The van der Waals surface area contributed by atoms with Crippen molar-refractivity contribution in [2.24, 2.45) is 5.92 Å². The molecule has 1 N–H and O–H groups in total. The van der Waals surface area contributed by atoms with Crippen LogP contribution in [0.1, 0.15) is 13.3 Å². The van der Waals surface area contributed by atoms with Crippen molar-refractivity contribution in [1.29, 1.82) is 0 Å². The van der Waals surface area contributed by atoms with Crippen LogP contribution in [0.3, 0.4) is 0 Å². The summed E-state index contributed by atoms with van der Waals surface area (Å²) in [6.07, 6.45) is 1.38. The van der Waals surface area contributed by atoms with Gasteiger partial charge in [0.2, 0.25) is 0 Å². The fourth-order valence-corrected chi connectivity index (χ4v) is 2.35. The standard InChI is InChI=1S/C8H15NS/c1-7(2)9-5-8-3-4-10-6-8/h8-9H,1,3-6H2,2H3. The van der Waals surface area contributed by atoms with Crippen molar-refractivity contribution in [1.82, 2.24) is 5.32 Å². The van der Waals surface area contributed by atoms with Crippen LogP contribution in [0.15, 0.2) is 12.3 Å². The quantitative estimate of drug-likeness (QED) is 0.671. The van der Waals surface area contributed by atoms with E-state index in [1.54, 1.807) is 0 Å². The third kappa shape index (κ3) is 2.65. The van der Waals surface area contributed by atoms with E-state index in [0.29, 0.717) is 0 Å². The molecule has 0 aromatic rings. The monoisotopic (exact) mass is 157 g/mol. The van der Waals surface area contributed by atoms with Crippen molar-refractivity contribution in [2.45, 2.75) is 13.3 Å². The van der Waals surface area contributed by atoms with Crippen LogP contribution in [0.2, 0.25) is 0 Å². The highest BCUT2D eigenvalue weighted by atomic mass is 32.2. The Balaban J connectivity index is 2.07. The molecule has 2 heteroatoms. The molecule has 0 radical (unpaired) electrons. The lowest BCUT2D eigenvalue weighted by Gasteiger charge is -2.09. The first-order valence-corrected chi connectivity index (χ1v) is 4.91. The van der Waals surface area contributed by atoms with E-state index < -0.39 is 0 Å². The Kier molecular flexibility index (Phi) is 3.13. The SMILES string of the molecule is C=C(C)NCC1CCSC1. The van der Waals surface area contributed by atoms with Crippen LogP contribution in [0, 0.1) is 5.92 Å². The first kappa shape index (κ1) is 7.99.